The third-order valence-corrected chi connectivity index (χ3v) is 3.42. The molecule has 0 spiro atoms. The van der Waals surface area contributed by atoms with Gasteiger partial charge in [0.15, 0.2) is 0 Å². The molecule has 1 rings (SSSR count). The average molecular weight is 303 g/mol. The summed E-state index contributed by atoms with van der Waals surface area (Å²) in [4.78, 5) is 20.4. The number of hydrogen-bond donors (Lipinski definition) is 0. The summed E-state index contributed by atoms with van der Waals surface area (Å²) in [6.07, 6.45) is 4.14. The van der Waals surface area contributed by atoms with E-state index >= 15 is 0 Å². The Morgan fingerprint density at radius 1 is 1.53 bits per heavy atom. The van der Waals surface area contributed by atoms with Crippen molar-refractivity contribution in [3.8, 4) is 0 Å². The second-order valence-electron chi connectivity index (χ2n) is 4.97. The first kappa shape index (κ1) is 16.3. The van der Waals surface area contributed by atoms with Gasteiger partial charge in [0.25, 0.3) is 0 Å². The highest BCUT2D eigenvalue weighted by Gasteiger charge is 2.15. The van der Waals surface area contributed by atoms with Crippen molar-refractivity contribution >= 4 is 29.8 Å². The molecule has 106 valence electrons. The fraction of sp³-hybridized carbons (Fsp3) is 0.538. The van der Waals surface area contributed by atoms with E-state index < -0.39 is 0 Å². The molecule has 0 fully saturated rings. The lowest BCUT2D eigenvalue weighted by molar-refractivity contribution is -0.213. The highest BCUT2D eigenvalue weighted by atomic mass is 35.5. The molecule has 0 unspecified atom stereocenters. The number of hydrogen-bond acceptors (Lipinski definition) is 4. The minimum Gasteiger partial charge on any atom is -0.276 e. The third-order valence-electron chi connectivity index (χ3n) is 2.07. The maximum absolute atomic E-state index is 10.9. The Hall–Kier alpha value is -0.780. The summed E-state index contributed by atoms with van der Waals surface area (Å²) in [5, 5.41) is 2.05. The van der Waals surface area contributed by atoms with Crippen LogP contribution in [0.1, 0.15) is 26.3 Å². The van der Waals surface area contributed by atoms with Crippen molar-refractivity contribution < 1.29 is 9.63 Å². The van der Waals surface area contributed by atoms with Crippen molar-refractivity contribution in [3.05, 3.63) is 29.0 Å². The summed E-state index contributed by atoms with van der Waals surface area (Å²) in [5.74, 6) is 1.55. The number of pyridine rings is 1. The third kappa shape index (κ3) is 6.80. The molecule has 0 aliphatic rings. The molecule has 1 amide bonds. The summed E-state index contributed by atoms with van der Waals surface area (Å²) < 4.78 is 0. The Morgan fingerprint density at radius 3 is 2.84 bits per heavy atom. The van der Waals surface area contributed by atoms with Gasteiger partial charge < -0.3 is 0 Å². The number of carbonyl (C=O) groups is 1. The van der Waals surface area contributed by atoms with E-state index in [4.69, 9.17) is 16.4 Å². The minimum absolute atomic E-state index is 0.363. The molecule has 0 aliphatic heterocycles. The quantitative estimate of drug-likeness (QED) is 0.441. The molecule has 4 nitrogen and oxygen atoms in total. The average Bonchev–Trinajstić information content (AvgIpc) is 2.33. The number of aromatic nitrogens is 1. The molecule has 0 aliphatic carbocycles. The van der Waals surface area contributed by atoms with Gasteiger partial charge in [0.2, 0.25) is 6.41 Å². The van der Waals surface area contributed by atoms with E-state index in [1.54, 1.807) is 30.2 Å². The van der Waals surface area contributed by atoms with Gasteiger partial charge in [-0.15, -0.1) is 0 Å². The second-order valence-corrected chi connectivity index (χ2v) is 6.48. The molecule has 6 heteroatoms. The van der Waals surface area contributed by atoms with Crippen LogP contribution < -0.4 is 0 Å². The monoisotopic (exact) mass is 302 g/mol. The molecule has 1 aromatic rings. The second kappa shape index (κ2) is 7.72. The highest BCUT2D eigenvalue weighted by molar-refractivity contribution is 7.98. The lowest BCUT2D eigenvalue weighted by atomic mass is 10.2. The predicted molar refractivity (Wildman–Crippen MR) is 79.0 cm³/mol. The molecule has 1 aromatic heterocycles. The smallest absolute Gasteiger partial charge is 0.233 e. The van der Waals surface area contributed by atoms with E-state index in [9.17, 15) is 4.79 Å². The molecule has 0 saturated heterocycles. The fourth-order valence-electron chi connectivity index (χ4n) is 1.32. The van der Waals surface area contributed by atoms with Gasteiger partial charge in [0.1, 0.15) is 0 Å². The topological polar surface area (TPSA) is 42.4 Å². The molecule has 0 aromatic carbocycles. The van der Waals surface area contributed by atoms with Gasteiger partial charge in [-0.3, -0.25) is 14.6 Å². The van der Waals surface area contributed by atoms with Crippen LogP contribution in [0.25, 0.3) is 0 Å². The van der Waals surface area contributed by atoms with Crippen LogP contribution in [0.15, 0.2) is 18.5 Å². The zero-order valence-corrected chi connectivity index (χ0v) is 13.0. The van der Waals surface area contributed by atoms with Crippen LogP contribution in [-0.4, -0.2) is 34.4 Å². The molecule has 0 N–H and O–H groups in total. The van der Waals surface area contributed by atoms with Crippen LogP contribution >= 0.6 is 23.4 Å². The van der Waals surface area contributed by atoms with Crippen LogP contribution in [0.5, 0.6) is 0 Å². The first-order valence-corrected chi connectivity index (χ1v) is 7.53. The summed E-state index contributed by atoms with van der Waals surface area (Å²) in [6, 6.07) is 1.78. The minimum atomic E-state index is -0.363. The molecule has 0 saturated carbocycles. The van der Waals surface area contributed by atoms with Gasteiger partial charge in [0, 0.05) is 28.9 Å². The van der Waals surface area contributed by atoms with E-state index in [2.05, 4.69) is 4.98 Å². The number of carbonyl (C=O) groups excluding carboxylic acids is 1. The summed E-state index contributed by atoms with van der Waals surface area (Å²) in [6.45, 7) is 6.27. The summed E-state index contributed by atoms with van der Waals surface area (Å²) in [7, 11) is 0. The van der Waals surface area contributed by atoms with Gasteiger partial charge in [-0.05, 0) is 32.4 Å². The zero-order valence-electron chi connectivity index (χ0n) is 11.4. The Labute approximate surface area is 123 Å². The SMILES string of the molecule is CC(C)(C)ON(C=O)CCSCc1cnccc1Cl. The van der Waals surface area contributed by atoms with Crippen molar-refractivity contribution in [2.75, 3.05) is 12.3 Å². The first-order valence-electron chi connectivity index (χ1n) is 5.99. The molecule has 0 radical (unpaired) electrons. The number of hydroxylamine groups is 2. The van der Waals surface area contributed by atoms with Crippen molar-refractivity contribution in [3.63, 3.8) is 0 Å². The first-order chi connectivity index (χ1) is 8.92. The Morgan fingerprint density at radius 2 is 2.26 bits per heavy atom. The number of amides is 1. The molecular formula is C13H19ClN2O2S. The molecule has 1 heterocycles. The Bertz CT molecular complexity index is 410. The standard InChI is InChI=1S/C13H19ClN2O2S/c1-13(2,3)18-16(10-17)6-7-19-9-11-8-15-5-4-12(11)14/h4-5,8,10H,6-7,9H2,1-3H3. The number of rotatable bonds is 7. The van der Waals surface area contributed by atoms with E-state index in [0.29, 0.717) is 13.0 Å². The number of nitrogens with zero attached hydrogens (tertiary/aromatic N) is 2. The van der Waals surface area contributed by atoms with Crippen LogP contribution in [0, 0.1) is 0 Å². The predicted octanol–water partition coefficient (Wildman–Crippen LogP) is 3.16. The highest BCUT2D eigenvalue weighted by Crippen LogP contribution is 2.20. The van der Waals surface area contributed by atoms with E-state index in [1.165, 1.54) is 5.06 Å². The lowest BCUT2D eigenvalue weighted by Gasteiger charge is -2.26. The molecule has 0 bridgehead atoms. The van der Waals surface area contributed by atoms with E-state index in [0.717, 1.165) is 22.1 Å². The van der Waals surface area contributed by atoms with Crippen LogP contribution in [0.2, 0.25) is 5.02 Å². The largest absolute Gasteiger partial charge is 0.276 e. The summed E-state index contributed by atoms with van der Waals surface area (Å²) in [5.41, 5.74) is 0.640. The molecule has 19 heavy (non-hydrogen) atoms. The molecular weight excluding hydrogens is 284 g/mol. The number of halogens is 1. The zero-order chi connectivity index (χ0) is 14.3. The van der Waals surface area contributed by atoms with Gasteiger partial charge >= 0.3 is 0 Å². The van der Waals surface area contributed by atoms with Crippen LogP contribution in [-0.2, 0) is 15.4 Å². The fourth-order valence-corrected chi connectivity index (χ4v) is 2.48. The Balaban J connectivity index is 2.30. The van der Waals surface area contributed by atoms with Crippen molar-refractivity contribution in [1.29, 1.82) is 0 Å². The van der Waals surface area contributed by atoms with Crippen molar-refractivity contribution in [2.24, 2.45) is 0 Å². The Kier molecular flexibility index (Phi) is 6.62. The van der Waals surface area contributed by atoms with Gasteiger partial charge in [0.05, 0.1) is 12.1 Å². The maximum Gasteiger partial charge on any atom is 0.233 e. The van der Waals surface area contributed by atoms with Gasteiger partial charge in [-0.2, -0.15) is 11.8 Å². The van der Waals surface area contributed by atoms with Crippen molar-refractivity contribution in [1.82, 2.24) is 10.0 Å². The lowest BCUT2D eigenvalue weighted by Crippen LogP contribution is -2.34. The maximum atomic E-state index is 10.9. The van der Waals surface area contributed by atoms with E-state index in [1.807, 2.05) is 20.8 Å². The van der Waals surface area contributed by atoms with Crippen LogP contribution in [0.4, 0.5) is 0 Å². The van der Waals surface area contributed by atoms with Gasteiger partial charge in [-0.25, -0.2) is 5.06 Å². The van der Waals surface area contributed by atoms with E-state index in [-0.39, 0.29) is 5.60 Å². The normalized spacial score (nSPS) is 11.4. The summed E-state index contributed by atoms with van der Waals surface area (Å²) >= 11 is 7.72. The van der Waals surface area contributed by atoms with Gasteiger partial charge in [-0.1, -0.05) is 11.6 Å². The number of thioether (sulfide) groups is 1. The molecule has 0 atom stereocenters. The van der Waals surface area contributed by atoms with Crippen LogP contribution in [0.3, 0.4) is 0 Å². The van der Waals surface area contributed by atoms with Crippen molar-refractivity contribution in [2.45, 2.75) is 32.1 Å².